The Kier molecular flexibility index (Phi) is 2.76. The summed E-state index contributed by atoms with van der Waals surface area (Å²) < 4.78 is 5.46. The number of non-ortho nitro benzene ring substituents is 1. The fourth-order valence-electron chi connectivity index (χ4n) is 4.29. The van der Waals surface area contributed by atoms with E-state index < -0.39 is 16.4 Å². The van der Waals surface area contributed by atoms with Crippen molar-refractivity contribution in [1.29, 1.82) is 0 Å². The van der Waals surface area contributed by atoms with Gasteiger partial charge in [0.2, 0.25) is 0 Å². The van der Waals surface area contributed by atoms with Crippen LogP contribution in [-0.4, -0.2) is 22.8 Å². The highest BCUT2D eigenvalue weighted by Crippen LogP contribution is 2.58. The molecule has 0 spiro atoms. The molecule has 118 valence electrons. The number of benzene rings is 1. The second-order valence-electron chi connectivity index (χ2n) is 6.55. The first kappa shape index (κ1) is 14.1. The Morgan fingerprint density at radius 3 is 2.57 bits per heavy atom. The number of nitro groups is 1. The number of rotatable bonds is 2. The number of Topliss-reactive ketones (excluding diaryl/α,β-unsaturated/α-hetero) is 1. The molecule has 1 aromatic rings. The first-order valence-electron chi connectivity index (χ1n) is 7.65. The standard InChI is InChI=1S/C17H15NO5/c1-17-11-6-7-13(19)15(11)14(23-16(17)20)8-12(17)9-2-4-10(5-3-9)18(21)22/h2-5,12,14H,6-8H2,1H3/t12-,14+,17+/m0/s1. The number of ether oxygens (including phenoxy) is 1. The summed E-state index contributed by atoms with van der Waals surface area (Å²) in [6.45, 7) is 1.84. The number of hydrogen-bond donors (Lipinski definition) is 0. The molecule has 1 saturated heterocycles. The minimum Gasteiger partial charge on any atom is -0.457 e. The average Bonchev–Trinajstić information content (AvgIpc) is 2.93. The molecule has 2 aliphatic heterocycles. The van der Waals surface area contributed by atoms with Crippen LogP contribution in [0, 0.1) is 15.5 Å². The van der Waals surface area contributed by atoms with E-state index in [0.29, 0.717) is 24.8 Å². The van der Waals surface area contributed by atoms with Crippen molar-refractivity contribution in [3.63, 3.8) is 0 Å². The normalized spacial score (nSPS) is 32.0. The number of carbonyl (C=O) groups is 2. The van der Waals surface area contributed by atoms with Gasteiger partial charge in [-0.2, -0.15) is 0 Å². The predicted octanol–water partition coefficient (Wildman–Crippen LogP) is 2.67. The lowest BCUT2D eigenvalue weighted by atomic mass is 9.60. The summed E-state index contributed by atoms with van der Waals surface area (Å²) in [6.07, 6.45) is 1.15. The van der Waals surface area contributed by atoms with Crippen molar-refractivity contribution in [1.82, 2.24) is 0 Å². The van der Waals surface area contributed by atoms with E-state index in [9.17, 15) is 19.7 Å². The summed E-state index contributed by atoms with van der Waals surface area (Å²) in [4.78, 5) is 35.0. The van der Waals surface area contributed by atoms with Gasteiger partial charge in [-0.3, -0.25) is 19.7 Å². The van der Waals surface area contributed by atoms with Crippen molar-refractivity contribution in [2.24, 2.45) is 5.41 Å². The molecule has 3 atom stereocenters. The largest absolute Gasteiger partial charge is 0.457 e. The second kappa shape index (κ2) is 4.50. The number of ketones is 1. The summed E-state index contributed by atoms with van der Waals surface area (Å²) in [5.41, 5.74) is 1.68. The van der Waals surface area contributed by atoms with E-state index >= 15 is 0 Å². The number of fused-ring (bicyclic) bond motifs is 2. The number of hydrogen-bond acceptors (Lipinski definition) is 5. The Labute approximate surface area is 132 Å². The van der Waals surface area contributed by atoms with E-state index in [0.717, 1.165) is 11.1 Å². The Morgan fingerprint density at radius 2 is 1.91 bits per heavy atom. The predicted molar refractivity (Wildman–Crippen MR) is 79.7 cm³/mol. The molecule has 0 unspecified atom stereocenters. The van der Waals surface area contributed by atoms with Gasteiger partial charge in [-0.25, -0.2) is 0 Å². The van der Waals surface area contributed by atoms with Crippen LogP contribution in [0.4, 0.5) is 5.69 Å². The molecule has 0 aromatic heterocycles. The quantitative estimate of drug-likeness (QED) is 0.476. The van der Waals surface area contributed by atoms with E-state index in [1.54, 1.807) is 12.1 Å². The molecule has 2 aliphatic carbocycles. The zero-order chi connectivity index (χ0) is 16.4. The number of nitrogens with zero attached hydrogens (tertiary/aromatic N) is 1. The van der Waals surface area contributed by atoms with Gasteiger partial charge in [0.25, 0.3) is 5.69 Å². The fraction of sp³-hybridized carbons (Fsp3) is 0.412. The first-order chi connectivity index (χ1) is 10.9. The van der Waals surface area contributed by atoms with Crippen LogP contribution in [0.25, 0.3) is 0 Å². The highest BCUT2D eigenvalue weighted by Gasteiger charge is 2.59. The summed E-state index contributed by atoms with van der Waals surface area (Å²) in [5, 5.41) is 10.8. The van der Waals surface area contributed by atoms with E-state index in [2.05, 4.69) is 0 Å². The summed E-state index contributed by atoms with van der Waals surface area (Å²) in [7, 11) is 0. The average molecular weight is 313 g/mol. The van der Waals surface area contributed by atoms with Gasteiger partial charge in [-0.1, -0.05) is 12.1 Å². The lowest BCUT2D eigenvalue weighted by Crippen LogP contribution is -2.51. The lowest BCUT2D eigenvalue weighted by Gasteiger charge is -2.49. The van der Waals surface area contributed by atoms with Crippen molar-refractivity contribution < 1.29 is 19.2 Å². The molecule has 0 radical (unpaired) electrons. The number of esters is 1. The van der Waals surface area contributed by atoms with Crippen LogP contribution >= 0.6 is 0 Å². The maximum atomic E-state index is 12.5. The number of nitro benzene ring substituents is 1. The van der Waals surface area contributed by atoms with Crippen LogP contribution in [0.2, 0.25) is 0 Å². The van der Waals surface area contributed by atoms with Crippen molar-refractivity contribution in [3.8, 4) is 0 Å². The van der Waals surface area contributed by atoms with Gasteiger partial charge in [-0.15, -0.1) is 0 Å². The SMILES string of the molecule is C[C@]12C(=O)O[C@H](C[C@H]1c1ccc([N+](=O)[O-])cc1)C1=C2CCC1=O. The van der Waals surface area contributed by atoms with Crippen molar-refractivity contribution >= 4 is 17.4 Å². The van der Waals surface area contributed by atoms with Crippen molar-refractivity contribution in [2.75, 3.05) is 0 Å². The van der Waals surface area contributed by atoms with E-state index in [-0.39, 0.29) is 23.4 Å². The Hall–Kier alpha value is -2.50. The molecule has 6 nitrogen and oxygen atoms in total. The topological polar surface area (TPSA) is 86.5 Å². The van der Waals surface area contributed by atoms with E-state index in [1.807, 2.05) is 6.92 Å². The minimum absolute atomic E-state index is 0.0263. The van der Waals surface area contributed by atoms with Crippen LogP contribution in [-0.2, 0) is 14.3 Å². The molecule has 0 saturated carbocycles. The molecule has 4 aliphatic rings. The lowest BCUT2D eigenvalue weighted by molar-refractivity contribution is -0.384. The van der Waals surface area contributed by atoms with Crippen LogP contribution in [0.15, 0.2) is 35.4 Å². The second-order valence-corrected chi connectivity index (χ2v) is 6.55. The monoisotopic (exact) mass is 313 g/mol. The van der Waals surface area contributed by atoms with Gasteiger partial charge in [0.05, 0.1) is 10.3 Å². The minimum atomic E-state index is -0.841. The maximum absolute atomic E-state index is 12.5. The molecule has 23 heavy (non-hydrogen) atoms. The van der Waals surface area contributed by atoms with Gasteiger partial charge >= 0.3 is 5.97 Å². The number of carbonyl (C=O) groups excluding carboxylic acids is 2. The molecular formula is C17H15NO5. The zero-order valence-electron chi connectivity index (χ0n) is 12.6. The molecule has 2 heterocycles. The van der Waals surface area contributed by atoms with Crippen LogP contribution in [0.3, 0.4) is 0 Å². The molecule has 0 N–H and O–H groups in total. The van der Waals surface area contributed by atoms with Gasteiger partial charge in [0, 0.05) is 30.0 Å². The Bertz CT molecular complexity index is 779. The van der Waals surface area contributed by atoms with Gasteiger partial charge in [0.1, 0.15) is 6.10 Å². The summed E-state index contributed by atoms with van der Waals surface area (Å²) in [6, 6.07) is 6.33. The van der Waals surface area contributed by atoms with Crippen LogP contribution in [0.1, 0.15) is 37.7 Å². The molecular weight excluding hydrogens is 298 g/mol. The molecule has 1 aromatic carbocycles. The fourth-order valence-corrected chi connectivity index (χ4v) is 4.29. The smallest absolute Gasteiger partial charge is 0.317 e. The third-order valence-corrected chi connectivity index (χ3v) is 5.50. The van der Waals surface area contributed by atoms with Crippen molar-refractivity contribution in [3.05, 3.63) is 51.1 Å². The van der Waals surface area contributed by atoms with Crippen LogP contribution in [0.5, 0.6) is 0 Å². The maximum Gasteiger partial charge on any atom is 0.317 e. The molecule has 2 bridgehead atoms. The molecule has 6 heteroatoms. The third kappa shape index (κ3) is 1.75. The van der Waals surface area contributed by atoms with E-state index in [4.69, 9.17) is 4.74 Å². The highest BCUT2D eigenvalue weighted by molar-refractivity contribution is 6.04. The molecule has 1 fully saturated rings. The Balaban J connectivity index is 1.80. The molecule has 5 rings (SSSR count). The third-order valence-electron chi connectivity index (χ3n) is 5.50. The zero-order valence-corrected chi connectivity index (χ0v) is 12.6. The van der Waals surface area contributed by atoms with Crippen molar-refractivity contribution in [2.45, 2.75) is 38.2 Å². The first-order valence-corrected chi connectivity index (χ1v) is 7.65. The van der Waals surface area contributed by atoms with Gasteiger partial charge in [-0.05, 0) is 30.9 Å². The van der Waals surface area contributed by atoms with Crippen LogP contribution < -0.4 is 0 Å². The van der Waals surface area contributed by atoms with Gasteiger partial charge in [0.15, 0.2) is 5.78 Å². The Morgan fingerprint density at radius 1 is 1.22 bits per heavy atom. The van der Waals surface area contributed by atoms with E-state index in [1.165, 1.54) is 12.1 Å². The summed E-state index contributed by atoms with van der Waals surface area (Å²) >= 11 is 0. The highest BCUT2D eigenvalue weighted by atomic mass is 16.6. The summed E-state index contributed by atoms with van der Waals surface area (Å²) in [5.74, 6) is -0.310. The molecule has 0 amide bonds. The van der Waals surface area contributed by atoms with Gasteiger partial charge < -0.3 is 4.74 Å².